The molecule has 2 rings (SSSR count). The molecule has 0 aliphatic rings. The zero-order valence-electron chi connectivity index (χ0n) is 13.0. The van der Waals surface area contributed by atoms with E-state index in [0.29, 0.717) is 5.52 Å². The first-order chi connectivity index (χ1) is 10.3. The fourth-order valence-electron chi connectivity index (χ4n) is 2.70. The number of rotatable bonds is 6. The minimum Gasteiger partial charge on any atom is -0.471 e. The summed E-state index contributed by atoms with van der Waals surface area (Å²) < 4.78 is 7.35. The lowest BCUT2D eigenvalue weighted by atomic mass is 10.1. The Labute approximate surface area is 128 Å². The molecule has 0 saturated heterocycles. The molecule has 0 radical (unpaired) electrons. The van der Waals surface area contributed by atoms with Crippen LogP contribution in [0.5, 0.6) is 5.88 Å². The van der Waals surface area contributed by atoms with Crippen LogP contribution >= 0.6 is 0 Å². The highest BCUT2D eigenvalue weighted by molar-refractivity contribution is 5.82. The van der Waals surface area contributed by atoms with Crippen molar-refractivity contribution in [2.75, 3.05) is 6.61 Å². The number of primary amides is 1. The highest BCUT2D eigenvalue weighted by atomic mass is 16.5. The summed E-state index contributed by atoms with van der Waals surface area (Å²) >= 11 is 0. The number of aromatic nitrogens is 2. The third-order valence-electron chi connectivity index (χ3n) is 3.55. The largest absolute Gasteiger partial charge is 0.471 e. The normalized spacial score (nSPS) is 11.4. The average Bonchev–Trinajstić information content (AvgIpc) is 2.67. The van der Waals surface area contributed by atoms with Gasteiger partial charge in [0.2, 0.25) is 11.8 Å². The molecule has 120 valence electrons. The number of amides is 1. The van der Waals surface area contributed by atoms with Gasteiger partial charge in [0.25, 0.3) is 0 Å². The average molecular weight is 307 g/mol. The van der Waals surface area contributed by atoms with E-state index in [1.54, 1.807) is 0 Å². The van der Waals surface area contributed by atoms with Crippen molar-refractivity contribution in [3.8, 4) is 5.88 Å². The second-order valence-corrected chi connectivity index (χ2v) is 5.24. The van der Waals surface area contributed by atoms with Crippen molar-refractivity contribution >= 4 is 11.4 Å². The Morgan fingerprint density at radius 3 is 2.68 bits per heavy atom. The van der Waals surface area contributed by atoms with Crippen molar-refractivity contribution < 1.29 is 19.7 Å². The molecular weight excluding hydrogens is 286 g/mol. The van der Waals surface area contributed by atoms with Crippen LogP contribution < -0.4 is 10.5 Å². The minimum absolute atomic E-state index is 0.0815. The van der Waals surface area contributed by atoms with Gasteiger partial charge >= 0.3 is 0 Å². The zero-order valence-corrected chi connectivity index (χ0v) is 13.0. The van der Waals surface area contributed by atoms with Crippen molar-refractivity contribution in [1.82, 2.24) is 9.38 Å². The molecule has 2 aromatic rings. The number of nitrogens with zero attached hydrogens (tertiary/aromatic N) is 2. The van der Waals surface area contributed by atoms with Gasteiger partial charge in [-0.2, -0.15) is 0 Å². The van der Waals surface area contributed by atoms with E-state index in [1.165, 1.54) is 0 Å². The number of aliphatic hydroxyl groups is 2. The highest BCUT2D eigenvalue weighted by Crippen LogP contribution is 2.30. The lowest BCUT2D eigenvalue weighted by Gasteiger charge is -2.11. The maximum atomic E-state index is 11.4. The summed E-state index contributed by atoms with van der Waals surface area (Å²) in [7, 11) is 0. The number of carbonyl (C=O) groups is 1. The van der Waals surface area contributed by atoms with Gasteiger partial charge < -0.3 is 25.1 Å². The molecule has 7 nitrogen and oxygen atoms in total. The Balaban J connectivity index is 2.70. The van der Waals surface area contributed by atoms with Crippen molar-refractivity contribution in [3.05, 3.63) is 28.7 Å². The second kappa shape index (κ2) is 6.33. The lowest BCUT2D eigenvalue weighted by molar-refractivity contribution is -0.117. The Kier molecular flexibility index (Phi) is 4.68. The van der Waals surface area contributed by atoms with Crippen LogP contribution in [0, 0.1) is 13.8 Å². The Morgan fingerprint density at radius 2 is 2.14 bits per heavy atom. The van der Waals surface area contributed by atoms with Crippen LogP contribution in [0.15, 0.2) is 6.20 Å². The molecule has 0 unspecified atom stereocenters. The molecule has 7 heteroatoms. The van der Waals surface area contributed by atoms with Crippen molar-refractivity contribution in [3.63, 3.8) is 0 Å². The monoisotopic (exact) mass is 307 g/mol. The maximum absolute atomic E-state index is 11.4. The summed E-state index contributed by atoms with van der Waals surface area (Å²) in [6.45, 7) is 5.48. The molecule has 0 aromatic carbocycles. The first-order valence-electron chi connectivity index (χ1n) is 7.12. The van der Waals surface area contributed by atoms with Crippen LogP contribution in [0.4, 0.5) is 0 Å². The van der Waals surface area contributed by atoms with Gasteiger partial charge in [-0.05, 0) is 31.4 Å². The molecular formula is C15H21N3O4. The van der Waals surface area contributed by atoms with Crippen LogP contribution in [0.3, 0.4) is 0 Å². The van der Waals surface area contributed by atoms with E-state index < -0.39 is 12.2 Å². The first kappa shape index (κ1) is 16.3. The quantitative estimate of drug-likeness (QED) is 0.662. The molecule has 4 N–H and O–H groups in total. The van der Waals surface area contributed by atoms with E-state index in [4.69, 9.17) is 20.7 Å². The van der Waals surface area contributed by atoms with Gasteiger partial charge in [0.1, 0.15) is 12.1 Å². The van der Waals surface area contributed by atoms with Gasteiger partial charge in [0.15, 0.2) is 6.29 Å². The zero-order chi connectivity index (χ0) is 16.4. The van der Waals surface area contributed by atoms with E-state index in [0.717, 1.165) is 28.9 Å². The van der Waals surface area contributed by atoms with Gasteiger partial charge in [-0.15, -0.1) is 0 Å². The fourth-order valence-corrected chi connectivity index (χ4v) is 2.70. The summed E-state index contributed by atoms with van der Waals surface area (Å²) in [6, 6.07) is 0. The Bertz CT molecular complexity index is 707. The summed E-state index contributed by atoms with van der Waals surface area (Å²) in [5, 5.41) is 18.0. The lowest BCUT2D eigenvalue weighted by Crippen LogP contribution is -2.18. The molecule has 2 aromatic heterocycles. The number of hydrogen-bond donors (Lipinski definition) is 3. The number of nitrogens with two attached hydrogens (primary N) is 1. The van der Waals surface area contributed by atoms with E-state index >= 15 is 0 Å². The summed E-state index contributed by atoms with van der Waals surface area (Å²) in [6.07, 6.45) is 1.13. The molecule has 22 heavy (non-hydrogen) atoms. The molecule has 0 bridgehead atoms. The third-order valence-corrected chi connectivity index (χ3v) is 3.55. The number of hydrogen-bond acceptors (Lipinski definition) is 5. The summed E-state index contributed by atoms with van der Waals surface area (Å²) in [5.41, 5.74) is 9.51. The molecule has 1 amide bonds. The van der Waals surface area contributed by atoms with Crippen molar-refractivity contribution in [2.24, 2.45) is 5.73 Å². The second-order valence-electron chi connectivity index (χ2n) is 5.24. The van der Waals surface area contributed by atoms with Gasteiger partial charge in [-0.25, -0.2) is 4.98 Å². The van der Waals surface area contributed by atoms with Gasteiger partial charge in [-0.1, -0.05) is 6.92 Å². The molecule has 0 aliphatic heterocycles. The van der Waals surface area contributed by atoms with Gasteiger partial charge in [0.05, 0.1) is 12.1 Å². The highest BCUT2D eigenvalue weighted by Gasteiger charge is 2.20. The van der Waals surface area contributed by atoms with Gasteiger partial charge in [-0.3, -0.25) is 4.79 Å². The predicted molar refractivity (Wildman–Crippen MR) is 80.7 cm³/mol. The van der Waals surface area contributed by atoms with Crippen LogP contribution in [-0.4, -0.2) is 38.4 Å². The summed E-state index contributed by atoms with van der Waals surface area (Å²) in [4.78, 5) is 15.7. The van der Waals surface area contributed by atoms with E-state index in [1.807, 2.05) is 31.4 Å². The standard InChI is InChI=1S/C15H21N3O4/c1-4-11-9(3)10(5-12(16)19)14-15(22-7-13(20)21)17-8(2)6-18(11)14/h6,13,20-21H,4-5,7H2,1-3H3,(H2,16,19). The Hall–Kier alpha value is -2.12. The maximum Gasteiger partial charge on any atom is 0.239 e. The van der Waals surface area contributed by atoms with Crippen molar-refractivity contribution in [1.29, 1.82) is 0 Å². The fraction of sp³-hybridized carbons (Fsp3) is 0.467. The molecule has 0 saturated carbocycles. The van der Waals surface area contributed by atoms with E-state index in [2.05, 4.69) is 4.98 Å². The van der Waals surface area contributed by atoms with Crippen molar-refractivity contribution in [2.45, 2.75) is 39.9 Å². The van der Waals surface area contributed by atoms with Crippen LogP contribution in [0.2, 0.25) is 0 Å². The SMILES string of the molecule is CCc1c(C)c(CC(N)=O)c2c(OCC(O)O)nc(C)cn12. The number of aryl methyl sites for hydroxylation is 2. The molecule has 2 heterocycles. The first-order valence-corrected chi connectivity index (χ1v) is 7.12. The molecule has 0 fully saturated rings. The van der Waals surface area contributed by atoms with Gasteiger partial charge in [0, 0.05) is 11.9 Å². The van der Waals surface area contributed by atoms with Crippen LogP contribution in [0.1, 0.15) is 29.4 Å². The molecule has 0 spiro atoms. The predicted octanol–water partition coefficient (Wildman–Crippen LogP) is 0.231. The van der Waals surface area contributed by atoms with Crippen LogP contribution in [0.25, 0.3) is 5.52 Å². The van der Waals surface area contributed by atoms with E-state index in [-0.39, 0.29) is 18.9 Å². The molecule has 0 aliphatic carbocycles. The topological polar surface area (TPSA) is 110 Å². The van der Waals surface area contributed by atoms with E-state index in [9.17, 15) is 4.79 Å². The number of ether oxygens (including phenoxy) is 1. The van der Waals surface area contributed by atoms with Crippen LogP contribution in [-0.2, 0) is 17.6 Å². The number of aliphatic hydroxyl groups excluding tert-OH is 1. The number of fused-ring (bicyclic) bond motifs is 1. The number of carbonyl (C=O) groups excluding carboxylic acids is 1. The third kappa shape index (κ3) is 3.05. The smallest absolute Gasteiger partial charge is 0.239 e. The Morgan fingerprint density at radius 1 is 1.45 bits per heavy atom. The minimum atomic E-state index is -1.59. The molecule has 0 atom stereocenters. The summed E-state index contributed by atoms with van der Waals surface area (Å²) in [5.74, 6) is -0.167.